The number of methoxy groups -OCH3 is 1. The van der Waals surface area contributed by atoms with Crippen LogP contribution in [-0.4, -0.2) is 46.0 Å². The summed E-state index contributed by atoms with van der Waals surface area (Å²) in [5.41, 5.74) is 2.38. The molecule has 7 heteroatoms. The van der Waals surface area contributed by atoms with Gasteiger partial charge in [0.05, 0.1) is 16.5 Å². The number of halogens is 1. The van der Waals surface area contributed by atoms with Gasteiger partial charge in [-0.05, 0) is 46.6 Å². The molecule has 25 heavy (non-hydrogen) atoms. The molecule has 134 valence electrons. The van der Waals surface area contributed by atoms with Crippen LogP contribution in [-0.2, 0) is 10.0 Å². The number of benzene rings is 2. The lowest BCUT2D eigenvalue weighted by atomic mass is 10.1. The van der Waals surface area contributed by atoms with Crippen molar-refractivity contribution in [1.29, 1.82) is 0 Å². The number of ether oxygens (including phenoxy) is 1. The molecule has 0 unspecified atom stereocenters. The van der Waals surface area contributed by atoms with Crippen LogP contribution in [0.2, 0.25) is 0 Å². The number of sulfonamides is 1. The number of piperazine rings is 1. The summed E-state index contributed by atoms with van der Waals surface area (Å²) in [4.78, 5) is 2.50. The SMILES string of the molecule is COc1cc(S(=O)(=O)N2CCN(c3ccccc3C)CC2)ccc1Br. The molecule has 0 saturated carbocycles. The minimum Gasteiger partial charge on any atom is -0.496 e. The van der Waals surface area contributed by atoms with Gasteiger partial charge in [-0.2, -0.15) is 4.31 Å². The van der Waals surface area contributed by atoms with Crippen LogP contribution in [0.3, 0.4) is 0 Å². The minimum atomic E-state index is -3.52. The van der Waals surface area contributed by atoms with E-state index in [9.17, 15) is 8.42 Å². The molecule has 1 heterocycles. The van der Waals surface area contributed by atoms with Gasteiger partial charge in [0.2, 0.25) is 10.0 Å². The summed E-state index contributed by atoms with van der Waals surface area (Å²) in [5, 5.41) is 0. The fourth-order valence-corrected chi connectivity index (χ4v) is 4.88. The molecule has 0 atom stereocenters. The van der Waals surface area contributed by atoms with Crippen molar-refractivity contribution >= 4 is 31.6 Å². The van der Waals surface area contributed by atoms with Crippen LogP contribution in [0.15, 0.2) is 51.8 Å². The molecule has 1 aliphatic rings. The molecular formula is C18H21BrN2O3S. The Morgan fingerprint density at radius 3 is 2.36 bits per heavy atom. The summed E-state index contributed by atoms with van der Waals surface area (Å²) < 4.78 is 33.3. The average molecular weight is 425 g/mol. The van der Waals surface area contributed by atoms with E-state index in [0.29, 0.717) is 31.9 Å². The highest BCUT2D eigenvalue weighted by Gasteiger charge is 2.29. The van der Waals surface area contributed by atoms with Gasteiger partial charge in [0, 0.05) is 37.9 Å². The van der Waals surface area contributed by atoms with E-state index in [-0.39, 0.29) is 4.90 Å². The second-order valence-corrected chi connectivity index (χ2v) is 8.77. The van der Waals surface area contributed by atoms with Gasteiger partial charge in [-0.1, -0.05) is 18.2 Å². The highest BCUT2D eigenvalue weighted by molar-refractivity contribution is 9.10. The maximum atomic E-state index is 12.9. The molecule has 0 amide bonds. The van der Waals surface area contributed by atoms with Crippen molar-refractivity contribution in [3.05, 3.63) is 52.5 Å². The first-order chi connectivity index (χ1) is 11.9. The van der Waals surface area contributed by atoms with Crippen molar-refractivity contribution in [2.45, 2.75) is 11.8 Å². The number of nitrogens with zero attached hydrogens (tertiary/aromatic N) is 2. The normalized spacial score (nSPS) is 16.0. The van der Waals surface area contributed by atoms with E-state index in [1.54, 1.807) is 22.5 Å². The zero-order valence-corrected chi connectivity index (χ0v) is 16.7. The summed E-state index contributed by atoms with van der Waals surface area (Å²) >= 11 is 3.35. The zero-order chi connectivity index (χ0) is 18.0. The third-order valence-corrected chi connectivity index (χ3v) is 7.00. The van der Waals surface area contributed by atoms with Crippen LogP contribution in [0, 0.1) is 6.92 Å². The summed E-state index contributed by atoms with van der Waals surface area (Å²) in [7, 11) is -2.00. The lowest BCUT2D eigenvalue weighted by Gasteiger charge is -2.36. The van der Waals surface area contributed by atoms with E-state index in [4.69, 9.17) is 4.74 Å². The quantitative estimate of drug-likeness (QED) is 0.755. The summed E-state index contributed by atoms with van der Waals surface area (Å²) in [5.74, 6) is 0.514. The molecule has 0 N–H and O–H groups in total. The van der Waals surface area contributed by atoms with Gasteiger partial charge >= 0.3 is 0 Å². The molecule has 5 nitrogen and oxygen atoms in total. The Hall–Kier alpha value is -1.57. The highest BCUT2D eigenvalue weighted by atomic mass is 79.9. The Labute approximate surface area is 157 Å². The van der Waals surface area contributed by atoms with E-state index in [2.05, 4.69) is 39.9 Å². The van der Waals surface area contributed by atoms with Gasteiger partial charge in [0.25, 0.3) is 0 Å². The Balaban J connectivity index is 1.77. The standard InChI is InChI=1S/C18H21BrN2O3S/c1-14-5-3-4-6-17(14)20-9-11-21(12-10-20)25(22,23)15-7-8-16(19)18(13-15)24-2/h3-8,13H,9-12H2,1-2H3. The second-order valence-electron chi connectivity index (χ2n) is 5.97. The number of para-hydroxylation sites is 1. The number of rotatable bonds is 4. The van der Waals surface area contributed by atoms with Crippen LogP contribution < -0.4 is 9.64 Å². The molecule has 0 bridgehead atoms. The maximum Gasteiger partial charge on any atom is 0.243 e. The first kappa shape index (κ1) is 18.2. The number of hydrogen-bond donors (Lipinski definition) is 0. The Kier molecular flexibility index (Phi) is 5.36. The third-order valence-electron chi connectivity index (χ3n) is 4.46. The van der Waals surface area contributed by atoms with Crippen LogP contribution in [0.4, 0.5) is 5.69 Å². The van der Waals surface area contributed by atoms with Crippen LogP contribution in [0.25, 0.3) is 0 Å². The van der Waals surface area contributed by atoms with Gasteiger partial charge in [-0.3, -0.25) is 0 Å². The first-order valence-electron chi connectivity index (χ1n) is 8.08. The largest absolute Gasteiger partial charge is 0.496 e. The van der Waals surface area contributed by atoms with Crippen molar-refractivity contribution in [2.24, 2.45) is 0 Å². The Morgan fingerprint density at radius 1 is 1.04 bits per heavy atom. The molecule has 0 radical (unpaired) electrons. The fraction of sp³-hybridized carbons (Fsp3) is 0.333. The predicted molar refractivity (Wildman–Crippen MR) is 103 cm³/mol. The molecule has 2 aromatic carbocycles. The Bertz CT molecular complexity index is 862. The lowest BCUT2D eigenvalue weighted by Crippen LogP contribution is -2.48. The fourth-order valence-electron chi connectivity index (χ4n) is 3.04. The van der Waals surface area contributed by atoms with Crippen molar-refractivity contribution in [2.75, 3.05) is 38.2 Å². The topological polar surface area (TPSA) is 49.9 Å². The van der Waals surface area contributed by atoms with Crippen LogP contribution in [0.5, 0.6) is 5.75 Å². The smallest absolute Gasteiger partial charge is 0.243 e. The molecule has 0 aliphatic carbocycles. The van der Waals surface area contributed by atoms with E-state index in [1.807, 2.05) is 12.1 Å². The Morgan fingerprint density at radius 2 is 1.72 bits per heavy atom. The number of hydrogen-bond acceptors (Lipinski definition) is 4. The molecule has 1 fully saturated rings. The van der Waals surface area contributed by atoms with E-state index in [1.165, 1.54) is 18.4 Å². The molecule has 0 aromatic heterocycles. The van der Waals surface area contributed by atoms with E-state index in [0.717, 1.165) is 4.47 Å². The first-order valence-corrected chi connectivity index (χ1v) is 10.3. The monoisotopic (exact) mass is 424 g/mol. The molecule has 2 aromatic rings. The molecule has 3 rings (SSSR count). The third kappa shape index (κ3) is 3.68. The van der Waals surface area contributed by atoms with Crippen molar-refractivity contribution in [3.63, 3.8) is 0 Å². The van der Waals surface area contributed by atoms with Gasteiger partial charge in [0.15, 0.2) is 0 Å². The van der Waals surface area contributed by atoms with Gasteiger partial charge in [0.1, 0.15) is 5.75 Å². The van der Waals surface area contributed by atoms with E-state index < -0.39 is 10.0 Å². The molecule has 0 spiro atoms. The minimum absolute atomic E-state index is 0.261. The van der Waals surface area contributed by atoms with Gasteiger partial charge < -0.3 is 9.64 Å². The number of aryl methyl sites for hydroxylation is 1. The predicted octanol–water partition coefficient (Wildman–Crippen LogP) is 3.28. The van der Waals surface area contributed by atoms with Gasteiger partial charge in [-0.25, -0.2) is 8.42 Å². The average Bonchev–Trinajstić information content (AvgIpc) is 2.62. The van der Waals surface area contributed by atoms with Crippen molar-refractivity contribution < 1.29 is 13.2 Å². The second kappa shape index (κ2) is 7.35. The number of anilines is 1. The van der Waals surface area contributed by atoms with E-state index >= 15 is 0 Å². The molecule has 1 saturated heterocycles. The van der Waals surface area contributed by atoms with Crippen LogP contribution in [0.1, 0.15) is 5.56 Å². The van der Waals surface area contributed by atoms with Crippen molar-refractivity contribution in [3.8, 4) is 5.75 Å². The maximum absolute atomic E-state index is 12.9. The van der Waals surface area contributed by atoms with Gasteiger partial charge in [-0.15, -0.1) is 0 Å². The summed E-state index contributed by atoms with van der Waals surface area (Å²) in [6.45, 7) is 4.37. The van der Waals surface area contributed by atoms with Crippen molar-refractivity contribution in [1.82, 2.24) is 4.31 Å². The summed E-state index contributed by atoms with van der Waals surface area (Å²) in [6, 6.07) is 13.1. The van der Waals surface area contributed by atoms with Crippen LogP contribution >= 0.6 is 15.9 Å². The molecular weight excluding hydrogens is 404 g/mol. The highest BCUT2D eigenvalue weighted by Crippen LogP contribution is 2.30. The summed E-state index contributed by atoms with van der Waals surface area (Å²) in [6.07, 6.45) is 0. The molecule has 1 aliphatic heterocycles. The lowest BCUT2D eigenvalue weighted by molar-refractivity contribution is 0.383. The zero-order valence-electron chi connectivity index (χ0n) is 14.3.